The molecular formula is C14H21N3O2. The van der Waals surface area contributed by atoms with E-state index in [4.69, 9.17) is 15.2 Å². The van der Waals surface area contributed by atoms with Crippen molar-refractivity contribution in [1.82, 2.24) is 0 Å². The van der Waals surface area contributed by atoms with Gasteiger partial charge in [-0.15, -0.1) is 0 Å². The van der Waals surface area contributed by atoms with Crippen molar-refractivity contribution < 1.29 is 9.47 Å². The summed E-state index contributed by atoms with van der Waals surface area (Å²) in [6, 6.07) is 7.59. The van der Waals surface area contributed by atoms with Gasteiger partial charge in [-0.2, -0.15) is 0 Å². The van der Waals surface area contributed by atoms with Crippen LogP contribution < -0.4 is 15.8 Å². The number of nitrogens with zero attached hydrogens (tertiary/aromatic N) is 1. The molecule has 2 rings (SSSR count). The average molecular weight is 263 g/mol. The molecule has 104 valence electrons. The van der Waals surface area contributed by atoms with E-state index in [0.29, 0.717) is 18.6 Å². The van der Waals surface area contributed by atoms with Crippen molar-refractivity contribution in [2.75, 3.05) is 25.6 Å². The first kappa shape index (κ1) is 13.7. The number of hydrogen-bond acceptors (Lipinski definition) is 3. The van der Waals surface area contributed by atoms with E-state index in [1.807, 2.05) is 24.3 Å². The van der Waals surface area contributed by atoms with Gasteiger partial charge in [-0.1, -0.05) is 6.07 Å². The highest BCUT2D eigenvalue weighted by Gasteiger charge is 2.14. The number of hydrogen-bond donors (Lipinski definition) is 2. The molecule has 0 saturated carbocycles. The van der Waals surface area contributed by atoms with Gasteiger partial charge < -0.3 is 20.5 Å². The Morgan fingerprint density at radius 1 is 1.58 bits per heavy atom. The van der Waals surface area contributed by atoms with Crippen LogP contribution in [0.4, 0.5) is 5.69 Å². The van der Waals surface area contributed by atoms with Crippen LogP contribution in [-0.2, 0) is 4.74 Å². The largest absolute Gasteiger partial charge is 0.497 e. The lowest BCUT2D eigenvalue weighted by Gasteiger charge is -2.09. The molecule has 1 heterocycles. The molecule has 1 unspecified atom stereocenters. The summed E-state index contributed by atoms with van der Waals surface area (Å²) in [6.07, 6.45) is 3.58. The van der Waals surface area contributed by atoms with Gasteiger partial charge in [-0.05, 0) is 31.4 Å². The van der Waals surface area contributed by atoms with Crippen LogP contribution in [-0.4, -0.2) is 32.3 Å². The number of aliphatic imine (C=N–C) groups is 1. The summed E-state index contributed by atoms with van der Waals surface area (Å²) in [5, 5.41) is 3.05. The third kappa shape index (κ3) is 4.44. The Labute approximate surface area is 113 Å². The number of guanidine groups is 1. The second-order valence-corrected chi connectivity index (χ2v) is 4.55. The van der Waals surface area contributed by atoms with Crippen LogP contribution in [0.1, 0.15) is 19.3 Å². The third-order valence-corrected chi connectivity index (χ3v) is 3.10. The minimum absolute atomic E-state index is 0.355. The van der Waals surface area contributed by atoms with E-state index >= 15 is 0 Å². The Kier molecular flexibility index (Phi) is 5.03. The predicted molar refractivity (Wildman–Crippen MR) is 76.7 cm³/mol. The number of benzene rings is 1. The van der Waals surface area contributed by atoms with E-state index in [-0.39, 0.29) is 0 Å². The van der Waals surface area contributed by atoms with Gasteiger partial charge in [0, 0.05) is 24.9 Å². The quantitative estimate of drug-likeness (QED) is 0.629. The van der Waals surface area contributed by atoms with Crippen molar-refractivity contribution >= 4 is 11.6 Å². The highest BCUT2D eigenvalue weighted by molar-refractivity contribution is 5.92. The zero-order valence-electron chi connectivity index (χ0n) is 11.3. The monoisotopic (exact) mass is 263 g/mol. The second kappa shape index (κ2) is 6.99. The van der Waals surface area contributed by atoms with Crippen molar-refractivity contribution in [2.45, 2.75) is 25.4 Å². The van der Waals surface area contributed by atoms with Gasteiger partial charge in [0.15, 0.2) is 5.96 Å². The summed E-state index contributed by atoms with van der Waals surface area (Å²) in [4.78, 5) is 4.30. The number of rotatable bonds is 5. The molecule has 0 amide bonds. The normalized spacial score (nSPS) is 19.4. The molecular weight excluding hydrogens is 242 g/mol. The summed E-state index contributed by atoms with van der Waals surface area (Å²) in [5.74, 6) is 1.21. The van der Waals surface area contributed by atoms with Gasteiger partial charge >= 0.3 is 0 Å². The molecule has 0 aliphatic carbocycles. The number of methoxy groups -OCH3 is 1. The van der Waals surface area contributed by atoms with Gasteiger partial charge in [0.05, 0.1) is 13.2 Å². The van der Waals surface area contributed by atoms with E-state index in [1.54, 1.807) is 7.11 Å². The molecule has 1 aromatic carbocycles. The maximum Gasteiger partial charge on any atom is 0.193 e. The fourth-order valence-corrected chi connectivity index (χ4v) is 2.09. The second-order valence-electron chi connectivity index (χ2n) is 4.55. The number of ether oxygens (including phenoxy) is 2. The fourth-order valence-electron chi connectivity index (χ4n) is 2.09. The van der Waals surface area contributed by atoms with Crippen molar-refractivity contribution in [3.8, 4) is 5.75 Å². The first-order valence-corrected chi connectivity index (χ1v) is 6.60. The first-order valence-electron chi connectivity index (χ1n) is 6.60. The van der Waals surface area contributed by atoms with Gasteiger partial charge in [0.25, 0.3) is 0 Å². The summed E-state index contributed by atoms with van der Waals surface area (Å²) >= 11 is 0. The lowest BCUT2D eigenvalue weighted by Crippen LogP contribution is -2.23. The number of nitrogens with two attached hydrogens (primary N) is 1. The number of anilines is 1. The average Bonchev–Trinajstić information content (AvgIpc) is 2.92. The summed E-state index contributed by atoms with van der Waals surface area (Å²) in [7, 11) is 1.64. The van der Waals surface area contributed by atoms with Crippen LogP contribution in [0, 0.1) is 0 Å². The van der Waals surface area contributed by atoms with Crippen LogP contribution in [0.2, 0.25) is 0 Å². The van der Waals surface area contributed by atoms with Crippen LogP contribution in [0.5, 0.6) is 5.75 Å². The van der Waals surface area contributed by atoms with Crippen LogP contribution in [0.3, 0.4) is 0 Å². The zero-order valence-corrected chi connectivity index (χ0v) is 11.3. The van der Waals surface area contributed by atoms with Crippen molar-refractivity contribution in [1.29, 1.82) is 0 Å². The van der Waals surface area contributed by atoms with E-state index in [0.717, 1.165) is 37.3 Å². The molecule has 1 aromatic rings. The van der Waals surface area contributed by atoms with Gasteiger partial charge in [-0.25, -0.2) is 0 Å². The highest BCUT2D eigenvalue weighted by atomic mass is 16.5. The van der Waals surface area contributed by atoms with Crippen molar-refractivity contribution in [3.63, 3.8) is 0 Å². The molecule has 1 aliphatic heterocycles. The maximum atomic E-state index is 5.84. The molecule has 19 heavy (non-hydrogen) atoms. The fraction of sp³-hybridized carbons (Fsp3) is 0.500. The molecule has 1 fully saturated rings. The molecule has 0 aromatic heterocycles. The topological polar surface area (TPSA) is 68.9 Å². The van der Waals surface area contributed by atoms with Crippen LogP contribution >= 0.6 is 0 Å². The molecule has 5 nitrogen and oxygen atoms in total. The van der Waals surface area contributed by atoms with Crippen molar-refractivity contribution in [2.24, 2.45) is 10.7 Å². The van der Waals surface area contributed by atoms with Gasteiger partial charge in [0.2, 0.25) is 0 Å². The summed E-state index contributed by atoms with van der Waals surface area (Å²) in [5.41, 5.74) is 6.71. The minimum atomic E-state index is 0.355. The minimum Gasteiger partial charge on any atom is -0.497 e. The first-order chi connectivity index (χ1) is 9.28. The van der Waals surface area contributed by atoms with Crippen molar-refractivity contribution in [3.05, 3.63) is 24.3 Å². The Hall–Kier alpha value is -1.75. The lowest BCUT2D eigenvalue weighted by atomic mass is 10.2. The Bertz CT molecular complexity index is 428. The summed E-state index contributed by atoms with van der Waals surface area (Å²) in [6.45, 7) is 1.57. The molecule has 1 aliphatic rings. The van der Waals surface area contributed by atoms with Gasteiger partial charge in [-0.3, -0.25) is 4.99 Å². The van der Waals surface area contributed by atoms with E-state index < -0.39 is 0 Å². The smallest absolute Gasteiger partial charge is 0.193 e. The maximum absolute atomic E-state index is 5.84. The Morgan fingerprint density at radius 3 is 3.21 bits per heavy atom. The molecule has 3 N–H and O–H groups in total. The van der Waals surface area contributed by atoms with E-state index in [2.05, 4.69) is 10.3 Å². The standard InChI is InChI=1S/C14H21N3O2/c1-18-13-5-2-4-11(10-13)17-14(15)16-8-7-12-6-3-9-19-12/h2,4-5,10,12H,3,6-9H2,1H3,(H3,15,16,17). The highest BCUT2D eigenvalue weighted by Crippen LogP contribution is 2.17. The zero-order chi connectivity index (χ0) is 13.5. The summed E-state index contributed by atoms with van der Waals surface area (Å²) < 4.78 is 10.7. The Balaban J connectivity index is 1.79. The molecule has 5 heteroatoms. The molecule has 1 saturated heterocycles. The van der Waals surface area contributed by atoms with E-state index in [1.165, 1.54) is 0 Å². The number of nitrogens with one attached hydrogen (secondary N) is 1. The predicted octanol–water partition coefficient (Wildman–Crippen LogP) is 1.99. The van der Waals surface area contributed by atoms with Crippen LogP contribution in [0.15, 0.2) is 29.3 Å². The third-order valence-electron chi connectivity index (χ3n) is 3.10. The molecule has 0 spiro atoms. The van der Waals surface area contributed by atoms with Crippen LogP contribution in [0.25, 0.3) is 0 Å². The SMILES string of the molecule is COc1cccc(NC(N)=NCCC2CCCO2)c1. The van der Waals surface area contributed by atoms with Gasteiger partial charge in [0.1, 0.15) is 5.75 Å². The molecule has 1 atom stereocenters. The Morgan fingerprint density at radius 2 is 2.47 bits per heavy atom. The van der Waals surface area contributed by atoms with E-state index in [9.17, 15) is 0 Å². The lowest BCUT2D eigenvalue weighted by molar-refractivity contribution is 0.106. The molecule has 0 bridgehead atoms. The molecule has 0 radical (unpaired) electrons.